The minimum atomic E-state index is -0.648. The van der Waals surface area contributed by atoms with Crippen molar-refractivity contribution in [2.45, 2.75) is 32.3 Å². The zero-order valence-electron chi connectivity index (χ0n) is 15.6. The molecule has 1 N–H and O–H groups in total. The van der Waals surface area contributed by atoms with Crippen LogP contribution in [0.2, 0.25) is 0 Å². The predicted octanol–water partition coefficient (Wildman–Crippen LogP) is 3.15. The third kappa shape index (κ3) is 4.32. The number of carbonyl (C=O) groups is 1. The molecule has 1 aliphatic rings. The molecule has 1 heterocycles. The van der Waals surface area contributed by atoms with Gasteiger partial charge in [-0.15, -0.1) is 0 Å². The number of nitrogens with one attached hydrogen (secondary N) is 1. The first-order chi connectivity index (χ1) is 12.9. The maximum absolute atomic E-state index is 12.4. The van der Waals surface area contributed by atoms with Crippen LogP contribution in [-0.4, -0.2) is 25.3 Å². The Morgan fingerprint density at radius 3 is 2.63 bits per heavy atom. The van der Waals surface area contributed by atoms with Crippen molar-refractivity contribution in [3.63, 3.8) is 0 Å². The van der Waals surface area contributed by atoms with Crippen LogP contribution in [0.5, 0.6) is 17.2 Å². The summed E-state index contributed by atoms with van der Waals surface area (Å²) in [4.78, 5) is 12.4. The summed E-state index contributed by atoms with van der Waals surface area (Å²) in [5, 5.41) is 11.8. The summed E-state index contributed by atoms with van der Waals surface area (Å²) >= 11 is 0. The van der Waals surface area contributed by atoms with E-state index in [0.29, 0.717) is 17.9 Å². The molecule has 1 aliphatic heterocycles. The molecule has 0 fully saturated rings. The molecule has 0 aliphatic carbocycles. The van der Waals surface area contributed by atoms with Gasteiger partial charge in [-0.05, 0) is 48.9 Å². The molecule has 0 saturated carbocycles. The van der Waals surface area contributed by atoms with Crippen LogP contribution in [0, 0.1) is 11.3 Å². The molecule has 1 atom stereocenters. The normalized spacial score (nSPS) is 13.6. The monoisotopic (exact) mass is 366 g/mol. The molecular weight excluding hydrogens is 344 g/mol. The Morgan fingerprint density at radius 2 is 1.93 bits per heavy atom. The second-order valence-corrected chi connectivity index (χ2v) is 7.07. The van der Waals surface area contributed by atoms with Gasteiger partial charge >= 0.3 is 0 Å². The van der Waals surface area contributed by atoms with Crippen LogP contribution in [-0.2, 0) is 10.2 Å². The maximum Gasteiger partial charge on any atom is 0.260 e. The minimum Gasteiger partial charge on any atom is -0.481 e. The van der Waals surface area contributed by atoms with Crippen molar-refractivity contribution in [1.29, 1.82) is 5.26 Å². The van der Waals surface area contributed by atoms with E-state index in [4.69, 9.17) is 19.5 Å². The molecule has 27 heavy (non-hydrogen) atoms. The number of ether oxygens (including phenoxy) is 3. The lowest BCUT2D eigenvalue weighted by Gasteiger charge is -2.26. The van der Waals surface area contributed by atoms with E-state index in [2.05, 4.69) is 19.2 Å². The zero-order chi connectivity index (χ0) is 19.4. The SMILES string of the molecule is CC(Oc1ccc(C#N)cc1)C(=O)NCC(C)(C)c1ccc2c(c1)OCO2. The molecule has 1 amide bonds. The quantitative estimate of drug-likeness (QED) is 0.849. The smallest absolute Gasteiger partial charge is 0.260 e. The molecule has 6 heteroatoms. The maximum atomic E-state index is 12.4. The van der Waals surface area contributed by atoms with E-state index in [-0.39, 0.29) is 18.1 Å². The van der Waals surface area contributed by atoms with Crippen molar-refractivity contribution >= 4 is 5.91 Å². The number of hydrogen-bond donors (Lipinski definition) is 1. The van der Waals surface area contributed by atoms with Gasteiger partial charge in [-0.3, -0.25) is 4.79 Å². The molecule has 0 saturated heterocycles. The highest BCUT2D eigenvalue weighted by Gasteiger charge is 2.26. The van der Waals surface area contributed by atoms with Crippen molar-refractivity contribution in [2.75, 3.05) is 13.3 Å². The van der Waals surface area contributed by atoms with E-state index in [0.717, 1.165) is 17.1 Å². The van der Waals surface area contributed by atoms with Crippen LogP contribution in [0.3, 0.4) is 0 Å². The van der Waals surface area contributed by atoms with Crippen molar-refractivity contribution < 1.29 is 19.0 Å². The van der Waals surface area contributed by atoms with Gasteiger partial charge in [-0.1, -0.05) is 19.9 Å². The topological polar surface area (TPSA) is 80.6 Å². The van der Waals surface area contributed by atoms with Gasteiger partial charge in [-0.2, -0.15) is 5.26 Å². The number of hydrogen-bond acceptors (Lipinski definition) is 5. The Bertz CT molecular complexity index is 869. The van der Waals surface area contributed by atoms with Crippen LogP contribution >= 0.6 is 0 Å². The lowest BCUT2D eigenvalue weighted by molar-refractivity contribution is -0.127. The van der Waals surface area contributed by atoms with Gasteiger partial charge < -0.3 is 19.5 Å². The van der Waals surface area contributed by atoms with Gasteiger partial charge in [0.15, 0.2) is 17.6 Å². The van der Waals surface area contributed by atoms with Gasteiger partial charge in [0.2, 0.25) is 6.79 Å². The van der Waals surface area contributed by atoms with Crippen LogP contribution in [0.25, 0.3) is 0 Å². The predicted molar refractivity (Wildman–Crippen MR) is 99.8 cm³/mol. The van der Waals surface area contributed by atoms with Gasteiger partial charge in [-0.25, -0.2) is 0 Å². The number of carbonyl (C=O) groups excluding carboxylic acids is 1. The molecule has 0 spiro atoms. The van der Waals surface area contributed by atoms with E-state index >= 15 is 0 Å². The number of nitriles is 1. The Labute approximate surface area is 158 Å². The van der Waals surface area contributed by atoms with Gasteiger partial charge in [0.1, 0.15) is 5.75 Å². The number of benzene rings is 2. The average molecular weight is 366 g/mol. The largest absolute Gasteiger partial charge is 0.481 e. The summed E-state index contributed by atoms with van der Waals surface area (Å²) in [6.45, 7) is 6.49. The molecule has 0 aromatic heterocycles. The second kappa shape index (κ2) is 7.58. The summed E-state index contributed by atoms with van der Waals surface area (Å²) in [6.07, 6.45) is -0.648. The molecule has 140 valence electrons. The molecule has 1 unspecified atom stereocenters. The van der Waals surface area contributed by atoms with E-state index < -0.39 is 6.10 Å². The fourth-order valence-electron chi connectivity index (χ4n) is 2.74. The van der Waals surface area contributed by atoms with E-state index in [9.17, 15) is 4.79 Å². The fourth-order valence-corrected chi connectivity index (χ4v) is 2.74. The summed E-state index contributed by atoms with van der Waals surface area (Å²) < 4.78 is 16.4. The average Bonchev–Trinajstić information content (AvgIpc) is 3.14. The molecule has 2 aromatic rings. The first kappa shape index (κ1) is 18.6. The molecule has 2 aromatic carbocycles. The van der Waals surface area contributed by atoms with Crippen molar-refractivity contribution in [2.24, 2.45) is 0 Å². The first-order valence-corrected chi connectivity index (χ1v) is 8.74. The van der Waals surface area contributed by atoms with Crippen LogP contribution in [0.4, 0.5) is 0 Å². The molecule has 6 nitrogen and oxygen atoms in total. The summed E-state index contributed by atoms with van der Waals surface area (Å²) in [5.74, 6) is 1.81. The van der Waals surface area contributed by atoms with Crippen LogP contribution in [0.1, 0.15) is 31.9 Å². The zero-order valence-corrected chi connectivity index (χ0v) is 15.6. The van der Waals surface area contributed by atoms with E-state index in [1.807, 2.05) is 24.3 Å². The summed E-state index contributed by atoms with van der Waals surface area (Å²) in [6, 6.07) is 14.5. The summed E-state index contributed by atoms with van der Waals surface area (Å²) in [7, 11) is 0. The lowest BCUT2D eigenvalue weighted by atomic mass is 9.84. The molecular formula is C21H22N2O4. The van der Waals surface area contributed by atoms with Crippen LogP contribution < -0.4 is 19.5 Å². The highest BCUT2D eigenvalue weighted by atomic mass is 16.7. The Balaban J connectivity index is 1.57. The Kier molecular flexibility index (Phi) is 5.22. The van der Waals surface area contributed by atoms with Gasteiger partial charge in [0.05, 0.1) is 11.6 Å². The summed E-state index contributed by atoms with van der Waals surface area (Å²) in [5.41, 5.74) is 1.31. The Morgan fingerprint density at radius 1 is 1.22 bits per heavy atom. The highest BCUT2D eigenvalue weighted by molar-refractivity contribution is 5.80. The van der Waals surface area contributed by atoms with E-state index in [1.54, 1.807) is 31.2 Å². The molecule has 0 bridgehead atoms. The number of amides is 1. The lowest BCUT2D eigenvalue weighted by Crippen LogP contribution is -2.42. The first-order valence-electron chi connectivity index (χ1n) is 8.74. The molecule has 3 rings (SSSR count). The van der Waals surface area contributed by atoms with Crippen molar-refractivity contribution in [1.82, 2.24) is 5.32 Å². The number of nitrogens with zero attached hydrogens (tertiary/aromatic N) is 1. The third-order valence-corrected chi connectivity index (χ3v) is 4.52. The van der Waals surface area contributed by atoms with Gasteiger partial charge in [0, 0.05) is 12.0 Å². The standard InChI is InChI=1S/C21H22N2O4/c1-14(27-17-7-4-15(11-22)5-8-17)20(24)23-12-21(2,3)16-6-9-18-19(10-16)26-13-25-18/h4-10,14H,12-13H2,1-3H3,(H,23,24). The van der Waals surface area contributed by atoms with Gasteiger partial charge in [0.25, 0.3) is 5.91 Å². The highest BCUT2D eigenvalue weighted by Crippen LogP contribution is 2.36. The second-order valence-electron chi connectivity index (χ2n) is 7.07. The van der Waals surface area contributed by atoms with E-state index in [1.165, 1.54) is 0 Å². The number of rotatable bonds is 6. The minimum absolute atomic E-state index is 0.201. The third-order valence-electron chi connectivity index (χ3n) is 4.52. The Hall–Kier alpha value is -3.20. The van der Waals surface area contributed by atoms with Crippen molar-refractivity contribution in [3.05, 3.63) is 53.6 Å². The fraction of sp³-hybridized carbons (Fsp3) is 0.333. The number of fused-ring (bicyclic) bond motifs is 1. The van der Waals surface area contributed by atoms with Crippen LogP contribution in [0.15, 0.2) is 42.5 Å². The molecule has 0 radical (unpaired) electrons. The van der Waals surface area contributed by atoms with Crippen molar-refractivity contribution in [3.8, 4) is 23.3 Å².